The number of halogens is 2. The van der Waals surface area contributed by atoms with Crippen molar-refractivity contribution in [1.29, 1.82) is 0 Å². The summed E-state index contributed by atoms with van der Waals surface area (Å²) in [5.41, 5.74) is 2.69. The molecule has 3 N–H and O–H groups in total. The van der Waals surface area contributed by atoms with Crippen molar-refractivity contribution >= 4 is 45.8 Å². The van der Waals surface area contributed by atoms with E-state index in [2.05, 4.69) is 47.8 Å². The fourth-order valence-corrected chi connectivity index (χ4v) is 5.08. The van der Waals surface area contributed by atoms with Crippen molar-refractivity contribution in [2.75, 3.05) is 31.6 Å². The van der Waals surface area contributed by atoms with Crippen molar-refractivity contribution in [3.05, 3.63) is 58.3 Å². The maximum Gasteiger partial charge on any atom is 0.233 e. The molecule has 10 nitrogen and oxygen atoms in total. The Bertz CT molecular complexity index is 1420. The molecular formula is C25H26Cl2N8O2. The lowest BCUT2D eigenvalue weighted by Crippen LogP contribution is -2.68. The Morgan fingerprint density at radius 1 is 1.19 bits per heavy atom. The van der Waals surface area contributed by atoms with Crippen LogP contribution in [0.5, 0.6) is 5.75 Å². The second-order valence-electron chi connectivity index (χ2n) is 9.28. The number of hydrogen-bond acceptors (Lipinski definition) is 8. The van der Waals surface area contributed by atoms with Gasteiger partial charge in [-0.2, -0.15) is 5.10 Å². The van der Waals surface area contributed by atoms with E-state index in [1.807, 2.05) is 37.3 Å². The number of H-pyrrole nitrogens is 1. The summed E-state index contributed by atoms with van der Waals surface area (Å²) in [6, 6.07) is 9.49. The van der Waals surface area contributed by atoms with Crippen LogP contribution in [0.1, 0.15) is 25.5 Å². The number of amides is 1. The Kier molecular flexibility index (Phi) is 6.89. The molecule has 0 radical (unpaired) electrons. The smallest absolute Gasteiger partial charge is 0.233 e. The van der Waals surface area contributed by atoms with Crippen LogP contribution in [-0.4, -0.2) is 63.5 Å². The minimum absolute atomic E-state index is 0.0389. The Morgan fingerprint density at radius 2 is 1.95 bits per heavy atom. The predicted molar refractivity (Wildman–Crippen MR) is 143 cm³/mol. The van der Waals surface area contributed by atoms with Gasteiger partial charge >= 0.3 is 0 Å². The first-order valence-corrected chi connectivity index (χ1v) is 12.5. The van der Waals surface area contributed by atoms with Gasteiger partial charge in [0.15, 0.2) is 5.82 Å². The molecule has 0 aliphatic carbocycles. The second kappa shape index (κ2) is 10.1. The normalized spacial score (nSPS) is 15.3. The SMILES string of the molecule is CNC(=O)CNC1(C)CN(c2ccc(-c3n[nH]c4ccc(O[C@H](C)c5c(Cl)cncc5Cl)cc34)nn2)C1. The average molecular weight is 541 g/mol. The van der Waals surface area contributed by atoms with Gasteiger partial charge in [0.05, 0.1) is 27.6 Å². The molecule has 1 atom stereocenters. The van der Waals surface area contributed by atoms with Crippen LogP contribution in [0.15, 0.2) is 42.7 Å². The molecule has 1 fully saturated rings. The van der Waals surface area contributed by atoms with Gasteiger partial charge in [-0.25, -0.2) is 0 Å². The molecule has 5 rings (SSSR count). The van der Waals surface area contributed by atoms with E-state index in [4.69, 9.17) is 27.9 Å². The van der Waals surface area contributed by atoms with E-state index in [9.17, 15) is 4.79 Å². The second-order valence-corrected chi connectivity index (χ2v) is 10.1. The van der Waals surface area contributed by atoms with Crippen LogP contribution in [0.25, 0.3) is 22.3 Å². The lowest BCUT2D eigenvalue weighted by Gasteiger charge is -2.49. The molecular weight excluding hydrogens is 515 g/mol. The van der Waals surface area contributed by atoms with Crippen LogP contribution in [0.3, 0.4) is 0 Å². The first-order chi connectivity index (χ1) is 17.8. The third kappa shape index (κ3) is 5.18. The minimum atomic E-state index is -0.386. The van der Waals surface area contributed by atoms with E-state index in [0.717, 1.165) is 29.8 Å². The molecule has 1 aliphatic rings. The number of pyridine rings is 1. The number of likely N-dealkylation sites (N-methyl/N-ethyl adjacent to an activating group) is 1. The van der Waals surface area contributed by atoms with E-state index >= 15 is 0 Å². The Morgan fingerprint density at radius 3 is 2.62 bits per heavy atom. The first kappa shape index (κ1) is 25.2. The molecule has 1 aliphatic heterocycles. The number of ether oxygens (including phenoxy) is 1. The molecule has 1 saturated heterocycles. The predicted octanol–water partition coefficient (Wildman–Crippen LogP) is 3.78. The zero-order valence-electron chi connectivity index (χ0n) is 20.5. The highest BCUT2D eigenvalue weighted by Crippen LogP contribution is 2.35. The molecule has 4 aromatic rings. The van der Waals surface area contributed by atoms with E-state index in [1.54, 1.807) is 19.4 Å². The molecule has 0 spiro atoms. The van der Waals surface area contributed by atoms with Gasteiger partial charge in [-0.1, -0.05) is 23.2 Å². The van der Waals surface area contributed by atoms with Crippen molar-refractivity contribution in [3.63, 3.8) is 0 Å². The number of aromatic nitrogens is 5. The van der Waals surface area contributed by atoms with E-state index in [-0.39, 0.29) is 24.1 Å². The summed E-state index contributed by atoms with van der Waals surface area (Å²) in [7, 11) is 1.63. The summed E-state index contributed by atoms with van der Waals surface area (Å²) in [6.07, 6.45) is 2.71. The summed E-state index contributed by atoms with van der Waals surface area (Å²) >= 11 is 12.6. The highest BCUT2D eigenvalue weighted by atomic mass is 35.5. The van der Waals surface area contributed by atoms with Crippen molar-refractivity contribution in [3.8, 4) is 17.1 Å². The number of anilines is 1. The van der Waals surface area contributed by atoms with Crippen LogP contribution in [0, 0.1) is 0 Å². The standard InChI is InChI=1S/C25H26Cl2N8O2/c1-14(23-17(26)9-29-10-18(23)27)37-15-4-5-19-16(8-15)24(34-31-19)20-6-7-21(33-32-20)35-12-25(2,13-35)30-11-22(36)28-3/h4-10,14,30H,11-13H2,1-3H3,(H,28,36)(H,31,34)/t14-/m1/s1. The zero-order chi connectivity index (χ0) is 26.2. The summed E-state index contributed by atoms with van der Waals surface area (Å²) in [5, 5.41) is 24.0. The molecule has 37 heavy (non-hydrogen) atoms. The third-order valence-corrected chi connectivity index (χ3v) is 7.00. The van der Waals surface area contributed by atoms with Gasteiger partial charge in [-0.3, -0.25) is 20.2 Å². The molecule has 3 aromatic heterocycles. The van der Waals surface area contributed by atoms with Crippen molar-refractivity contribution in [2.24, 2.45) is 0 Å². The van der Waals surface area contributed by atoms with Gasteiger partial charge in [0.25, 0.3) is 0 Å². The fraction of sp³-hybridized carbons (Fsp3) is 0.320. The van der Waals surface area contributed by atoms with Gasteiger partial charge in [0, 0.05) is 43.5 Å². The Hall–Kier alpha value is -3.47. The number of hydrogen-bond donors (Lipinski definition) is 3. The number of aromatic amines is 1. The van der Waals surface area contributed by atoms with Crippen molar-refractivity contribution in [1.82, 2.24) is 36.0 Å². The number of benzene rings is 1. The Balaban J connectivity index is 1.30. The molecule has 1 aromatic carbocycles. The molecule has 192 valence electrons. The quantitative estimate of drug-likeness (QED) is 0.308. The zero-order valence-corrected chi connectivity index (χ0v) is 22.1. The number of carbonyl (C=O) groups is 1. The lowest BCUT2D eigenvalue weighted by molar-refractivity contribution is -0.120. The van der Waals surface area contributed by atoms with Crippen LogP contribution < -0.4 is 20.3 Å². The molecule has 12 heteroatoms. The summed E-state index contributed by atoms with van der Waals surface area (Å²) in [4.78, 5) is 17.6. The van der Waals surface area contributed by atoms with Gasteiger partial charge in [-0.15, -0.1) is 10.2 Å². The number of fused-ring (bicyclic) bond motifs is 1. The van der Waals surface area contributed by atoms with Crippen molar-refractivity contribution in [2.45, 2.75) is 25.5 Å². The summed E-state index contributed by atoms with van der Waals surface area (Å²) in [6.45, 7) is 5.71. The molecule has 4 heterocycles. The first-order valence-electron chi connectivity index (χ1n) is 11.7. The van der Waals surface area contributed by atoms with Crippen molar-refractivity contribution < 1.29 is 9.53 Å². The molecule has 1 amide bonds. The molecule has 0 unspecified atom stereocenters. The maximum atomic E-state index is 11.5. The minimum Gasteiger partial charge on any atom is -0.486 e. The van der Waals surface area contributed by atoms with Gasteiger partial charge in [0.2, 0.25) is 5.91 Å². The average Bonchev–Trinajstić information content (AvgIpc) is 3.29. The summed E-state index contributed by atoms with van der Waals surface area (Å²) < 4.78 is 6.15. The maximum absolute atomic E-state index is 11.5. The largest absolute Gasteiger partial charge is 0.486 e. The van der Waals surface area contributed by atoms with E-state index in [0.29, 0.717) is 32.7 Å². The van der Waals surface area contributed by atoms with Crippen LogP contribution in [0.2, 0.25) is 10.0 Å². The topological polar surface area (TPSA) is 121 Å². The molecule has 0 saturated carbocycles. The molecule has 0 bridgehead atoms. The van der Waals surface area contributed by atoms with E-state index in [1.165, 1.54) is 0 Å². The number of nitrogens with one attached hydrogen (secondary N) is 3. The van der Waals surface area contributed by atoms with Crippen LogP contribution >= 0.6 is 23.2 Å². The van der Waals surface area contributed by atoms with Gasteiger partial charge in [-0.05, 0) is 44.2 Å². The monoisotopic (exact) mass is 540 g/mol. The van der Waals surface area contributed by atoms with Gasteiger partial charge in [0.1, 0.15) is 23.2 Å². The number of rotatable bonds is 8. The number of nitrogens with zero attached hydrogens (tertiary/aromatic N) is 5. The Labute approximate surface area is 223 Å². The third-order valence-electron chi connectivity index (χ3n) is 6.40. The van der Waals surface area contributed by atoms with Crippen LogP contribution in [-0.2, 0) is 4.79 Å². The highest BCUT2D eigenvalue weighted by Gasteiger charge is 2.39. The van der Waals surface area contributed by atoms with Gasteiger partial charge < -0.3 is 15.0 Å². The van der Waals surface area contributed by atoms with Crippen LogP contribution in [0.4, 0.5) is 5.82 Å². The lowest BCUT2D eigenvalue weighted by atomic mass is 9.92. The van der Waals surface area contributed by atoms with E-state index < -0.39 is 0 Å². The number of carbonyl (C=O) groups excluding carboxylic acids is 1. The summed E-state index contributed by atoms with van der Waals surface area (Å²) in [5.74, 6) is 1.37. The highest BCUT2D eigenvalue weighted by molar-refractivity contribution is 6.35. The fourth-order valence-electron chi connectivity index (χ4n) is 4.41.